The van der Waals surface area contributed by atoms with Crippen LogP contribution in [0.1, 0.15) is 11.1 Å². The van der Waals surface area contributed by atoms with E-state index in [2.05, 4.69) is 11.1 Å². The van der Waals surface area contributed by atoms with Crippen molar-refractivity contribution in [2.24, 2.45) is 5.73 Å². The molecule has 1 heterocycles. The van der Waals surface area contributed by atoms with Crippen LogP contribution in [0.25, 0.3) is 10.9 Å². The number of benzene rings is 1. The molecule has 0 radical (unpaired) electrons. The third-order valence-electron chi connectivity index (χ3n) is 2.30. The zero-order valence-corrected chi connectivity index (χ0v) is 7.75. The van der Waals surface area contributed by atoms with Gasteiger partial charge in [0.2, 0.25) is 0 Å². The molecule has 1 aromatic carbocycles. The quantitative estimate of drug-likeness (QED) is 0.745. The van der Waals surface area contributed by atoms with E-state index < -0.39 is 0 Å². The van der Waals surface area contributed by atoms with E-state index in [0.717, 1.165) is 22.9 Å². The van der Waals surface area contributed by atoms with Gasteiger partial charge in [-0.15, -0.1) is 0 Å². The minimum absolute atomic E-state index is 0.606. The number of fused-ring (bicyclic) bond motifs is 1. The maximum atomic E-state index is 8.83. The Morgan fingerprint density at radius 1 is 1.43 bits per heavy atom. The Morgan fingerprint density at radius 3 is 3.00 bits per heavy atom. The SMILES string of the molecule is N#Cc1cc(CCN)c2cc[nH]c2c1. The summed E-state index contributed by atoms with van der Waals surface area (Å²) in [6.45, 7) is 0.606. The third-order valence-corrected chi connectivity index (χ3v) is 2.30. The van der Waals surface area contributed by atoms with Gasteiger partial charge in [-0.25, -0.2) is 0 Å². The first-order valence-electron chi connectivity index (χ1n) is 4.55. The van der Waals surface area contributed by atoms with Gasteiger partial charge < -0.3 is 10.7 Å². The van der Waals surface area contributed by atoms with Crippen molar-refractivity contribution >= 4 is 10.9 Å². The van der Waals surface area contributed by atoms with Gasteiger partial charge in [0.25, 0.3) is 0 Å². The highest BCUT2D eigenvalue weighted by Crippen LogP contribution is 2.20. The molecule has 0 spiro atoms. The van der Waals surface area contributed by atoms with Crippen LogP contribution in [0.4, 0.5) is 0 Å². The smallest absolute Gasteiger partial charge is 0.0992 e. The van der Waals surface area contributed by atoms with Gasteiger partial charge in [0.15, 0.2) is 0 Å². The highest BCUT2D eigenvalue weighted by molar-refractivity contribution is 5.84. The Morgan fingerprint density at radius 2 is 2.29 bits per heavy atom. The number of nitrogens with one attached hydrogen (secondary N) is 1. The fourth-order valence-electron chi connectivity index (χ4n) is 1.67. The summed E-state index contributed by atoms with van der Waals surface area (Å²) in [6, 6.07) is 7.92. The van der Waals surface area contributed by atoms with E-state index in [-0.39, 0.29) is 0 Å². The molecular formula is C11H11N3. The third kappa shape index (κ3) is 1.36. The average molecular weight is 185 g/mol. The molecule has 70 valence electrons. The van der Waals surface area contributed by atoms with E-state index in [1.54, 1.807) is 0 Å². The molecule has 0 unspecified atom stereocenters. The lowest BCUT2D eigenvalue weighted by molar-refractivity contribution is 0.977. The summed E-state index contributed by atoms with van der Waals surface area (Å²) in [5.41, 5.74) is 8.35. The highest BCUT2D eigenvalue weighted by Gasteiger charge is 2.03. The normalized spacial score (nSPS) is 10.3. The van der Waals surface area contributed by atoms with Crippen LogP contribution in [0.15, 0.2) is 24.4 Å². The van der Waals surface area contributed by atoms with Crippen molar-refractivity contribution in [1.82, 2.24) is 4.98 Å². The molecule has 0 aliphatic rings. The minimum Gasteiger partial charge on any atom is -0.361 e. The van der Waals surface area contributed by atoms with Crippen molar-refractivity contribution in [2.45, 2.75) is 6.42 Å². The summed E-state index contributed by atoms with van der Waals surface area (Å²) in [6.07, 6.45) is 2.69. The number of aromatic nitrogens is 1. The molecule has 0 bridgehead atoms. The standard InChI is InChI=1S/C11H11N3/c12-3-1-9-5-8(7-13)6-11-10(9)2-4-14-11/h2,4-6,14H,1,3,12H2. The van der Waals surface area contributed by atoms with Gasteiger partial charge in [0.1, 0.15) is 0 Å². The van der Waals surface area contributed by atoms with Crippen LogP contribution in [0.3, 0.4) is 0 Å². The Balaban J connectivity index is 2.65. The monoisotopic (exact) mass is 185 g/mol. The summed E-state index contributed by atoms with van der Waals surface area (Å²) in [5.74, 6) is 0. The average Bonchev–Trinajstić information content (AvgIpc) is 2.66. The second-order valence-corrected chi connectivity index (χ2v) is 3.22. The maximum Gasteiger partial charge on any atom is 0.0992 e. The van der Waals surface area contributed by atoms with Crippen LogP contribution in [-0.4, -0.2) is 11.5 Å². The van der Waals surface area contributed by atoms with E-state index in [0.29, 0.717) is 12.1 Å². The van der Waals surface area contributed by atoms with Crippen molar-refractivity contribution in [1.29, 1.82) is 5.26 Å². The van der Waals surface area contributed by atoms with Crippen LogP contribution in [0.2, 0.25) is 0 Å². The van der Waals surface area contributed by atoms with Crippen LogP contribution >= 0.6 is 0 Å². The van der Waals surface area contributed by atoms with Gasteiger partial charge in [-0.05, 0) is 36.7 Å². The number of rotatable bonds is 2. The molecule has 2 aromatic rings. The first kappa shape index (κ1) is 8.79. The lowest BCUT2D eigenvalue weighted by atomic mass is 10.0. The molecule has 0 aliphatic carbocycles. The Labute approximate surface area is 82.1 Å². The molecule has 3 nitrogen and oxygen atoms in total. The van der Waals surface area contributed by atoms with E-state index in [4.69, 9.17) is 11.0 Å². The molecule has 14 heavy (non-hydrogen) atoms. The fourth-order valence-corrected chi connectivity index (χ4v) is 1.67. The fraction of sp³-hybridized carbons (Fsp3) is 0.182. The van der Waals surface area contributed by atoms with Crippen molar-refractivity contribution in [2.75, 3.05) is 6.54 Å². The maximum absolute atomic E-state index is 8.83. The molecule has 0 atom stereocenters. The molecule has 3 N–H and O–H groups in total. The van der Waals surface area contributed by atoms with Crippen LogP contribution in [0.5, 0.6) is 0 Å². The van der Waals surface area contributed by atoms with Gasteiger partial charge >= 0.3 is 0 Å². The predicted octanol–water partition coefficient (Wildman–Crippen LogP) is 1.54. The van der Waals surface area contributed by atoms with Crippen molar-refractivity contribution in [3.63, 3.8) is 0 Å². The molecule has 0 fully saturated rings. The number of nitrogens with two attached hydrogens (primary N) is 1. The molecule has 0 saturated heterocycles. The molecule has 2 rings (SSSR count). The van der Waals surface area contributed by atoms with Gasteiger partial charge in [0, 0.05) is 17.1 Å². The van der Waals surface area contributed by atoms with E-state index >= 15 is 0 Å². The largest absolute Gasteiger partial charge is 0.361 e. The summed E-state index contributed by atoms with van der Waals surface area (Å²) >= 11 is 0. The first-order valence-corrected chi connectivity index (χ1v) is 4.55. The van der Waals surface area contributed by atoms with Crippen LogP contribution in [0, 0.1) is 11.3 Å². The number of aromatic amines is 1. The van der Waals surface area contributed by atoms with Crippen molar-refractivity contribution < 1.29 is 0 Å². The summed E-state index contributed by atoms with van der Waals surface area (Å²) in [5, 5.41) is 9.99. The van der Waals surface area contributed by atoms with Gasteiger partial charge in [-0.1, -0.05) is 0 Å². The van der Waals surface area contributed by atoms with Crippen LogP contribution in [-0.2, 0) is 6.42 Å². The number of nitriles is 1. The minimum atomic E-state index is 0.606. The van der Waals surface area contributed by atoms with Gasteiger partial charge in [0.05, 0.1) is 11.6 Å². The van der Waals surface area contributed by atoms with Crippen molar-refractivity contribution in [3.8, 4) is 6.07 Å². The Hall–Kier alpha value is -1.79. The number of hydrogen-bond donors (Lipinski definition) is 2. The lowest BCUT2D eigenvalue weighted by Gasteiger charge is -2.01. The van der Waals surface area contributed by atoms with Gasteiger partial charge in [-0.2, -0.15) is 5.26 Å². The lowest BCUT2D eigenvalue weighted by Crippen LogP contribution is -2.03. The predicted molar refractivity (Wildman–Crippen MR) is 55.8 cm³/mol. The molecular weight excluding hydrogens is 174 g/mol. The van der Waals surface area contributed by atoms with Gasteiger partial charge in [-0.3, -0.25) is 0 Å². The van der Waals surface area contributed by atoms with E-state index in [1.807, 2.05) is 24.4 Å². The second kappa shape index (κ2) is 3.52. The number of H-pyrrole nitrogens is 1. The van der Waals surface area contributed by atoms with Crippen LogP contribution < -0.4 is 5.73 Å². The first-order chi connectivity index (χ1) is 6.85. The molecule has 1 aromatic heterocycles. The number of nitrogens with zero attached hydrogens (tertiary/aromatic N) is 1. The topological polar surface area (TPSA) is 65.6 Å². The summed E-state index contributed by atoms with van der Waals surface area (Å²) in [4.78, 5) is 3.10. The molecule has 0 aliphatic heterocycles. The summed E-state index contributed by atoms with van der Waals surface area (Å²) < 4.78 is 0. The Kier molecular flexibility index (Phi) is 2.21. The zero-order chi connectivity index (χ0) is 9.97. The molecule has 0 amide bonds. The Bertz CT molecular complexity index is 491. The molecule has 0 saturated carbocycles. The number of hydrogen-bond acceptors (Lipinski definition) is 2. The van der Waals surface area contributed by atoms with E-state index in [1.165, 1.54) is 0 Å². The zero-order valence-electron chi connectivity index (χ0n) is 7.75. The van der Waals surface area contributed by atoms with Crippen molar-refractivity contribution in [3.05, 3.63) is 35.5 Å². The second-order valence-electron chi connectivity index (χ2n) is 3.22. The summed E-state index contributed by atoms with van der Waals surface area (Å²) in [7, 11) is 0. The molecule has 3 heteroatoms. The van der Waals surface area contributed by atoms with E-state index in [9.17, 15) is 0 Å². The highest BCUT2D eigenvalue weighted by atomic mass is 14.7.